The van der Waals surface area contributed by atoms with Gasteiger partial charge in [-0.1, -0.05) is 31.2 Å². The molecule has 26 heavy (non-hydrogen) atoms. The molecule has 0 saturated carbocycles. The average Bonchev–Trinajstić information content (AvgIpc) is 2.65. The normalized spacial score (nSPS) is 11.3. The molecule has 3 N–H and O–H groups in total. The van der Waals surface area contributed by atoms with Crippen LogP contribution < -0.4 is 15.4 Å². The second-order valence-corrected chi connectivity index (χ2v) is 7.95. The van der Waals surface area contributed by atoms with Crippen LogP contribution in [-0.4, -0.2) is 26.6 Å². The van der Waals surface area contributed by atoms with Gasteiger partial charge in [-0.2, -0.15) is 0 Å². The molecule has 0 saturated heterocycles. The van der Waals surface area contributed by atoms with Crippen molar-refractivity contribution < 1.29 is 13.2 Å². The zero-order chi connectivity index (χ0) is 19.0. The summed E-state index contributed by atoms with van der Waals surface area (Å²) in [6.45, 7) is 5.48. The number of hydrogen-bond acceptors (Lipinski definition) is 4. The molecule has 0 heterocycles. The van der Waals surface area contributed by atoms with Gasteiger partial charge in [0.15, 0.2) is 0 Å². The van der Waals surface area contributed by atoms with E-state index in [-0.39, 0.29) is 18.2 Å². The Morgan fingerprint density at radius 1 is 0.962 bits per heavy atom. The molecule has 1 amide bonds. The Bertz CT molecular complexity index is 833. The van der Waals surface area contributed by atoms with Crippen molar-refractivity contribution in [2.45, 2.75) is 26.9 Å². The Hall–Kier alpha value is -2.22. The van der Waals surface area contributed by atoms with E-state index in [1.54, 1.807) is 31.2 Å². The molecular weight excluding hydrogens is 350 g/mol. The highest BCUT2D eigenvalue weighted by molar-refractivity contribution is 7.89. The van der Waals surface area contributed by atoms with Crippen LogP contribution in [0.5, 0.6) is 0 Å². The van der Waals surface area contributed by atoms with Gasteiger partial charge < -0.3 is 10.6 Å². The lowest BCUT2D eigenvalue weighted by molar-refractivity contribution is 0.102. The average molecular weight is 375 g/mol. The van der Waals surface area contributed by atoms with Crippen molar-refractivity contribution in [2.75, 3.05) is 17.6 Å². The lowest BCUT2D eigenvalue weighted by Crippen LogP contribution is -2.24. The van der Waals surface area contributed by atoms with Gasteiger partial charge in [-0.05, 0) is 48.9 Å². The minimum atomic E-state index is -3.23. The first-order valence-electron chi connectivity index (χ1n) is 8.60. The first-order chi connectivity index (χ1) is 12.4. The fourth-order valence-corrected chi connectivity index (χ4v) is 2.89. The third kappa shape index (κ3) is 6.25. The molecule has 0 aromatic heterocycles. The van der Waals surface area contributed by atoms with Crippen LogP contribution in [0.2, 0.25) is 0 Å². The Labute approximate surface area is 155 Å². The van der Waals surface area contributed by atoms with Gasteiger partial charge in [-0.25, -0.2) is 13.1 Å². The number of carbonyl (C=O) groups excluding carboxylic acids is 1. The smallest absolute Gasteiger partial charge is 0.255 e. The number of benzene rings is 2. The molecule has 0 aliphatic carbocycles. The summed E-state index contributed by atoms with van der Waals surface area (Å²) in [4.78, 5) is 12.4. The molecule has 0 unspecified atom stereocenters. The van der Waals surface area contributed by atoms with Crippen molar-refractivity contribution in [1.82, 2.24) is 10.0 Å². The van der Waals surface area contributed by atoms with Crippen LogP contribution >= 0.6 is 0 Å². The molecule has 2 aromatic carbocycles. The SMILES string of the molecule is CCNCc1cccc(NC(=O)c2ccc(CNS(=O)(=O)CC)cc2)c1. The number of nitrogens with one attached hydrogen (secondary N) is 3. The maximum atomic E-state index is 12.4. The summed E-state index contributed by atoms with van der Waals surface area (Å²) >= 11 is 0. The summed E-state index contributed by atoms with van der Waals surface area (Å²) in [6, 6.07) is 14.6. The van der Waals surface area contributed by atoms with Crippen LogP contribution in [0.25, 0.3) is 0 Å². The van der Waals surface area contributed by atoms with Crippen molar-refractivity contribution in [3.05, 3.63) is 65.2 Å². The lowest BCUT2D eigenvalue weighted by Gasteiger charge is -2.09. The highest BCUT2D eigenvalue weighted by atomic mass is 32.2. The Kier molecular flexibility index (Phi) is 7.32. The van der Waals surface area contributed by atoms with E-state index in [1.165, 1.54) is 0 Å². The predicted octanol–water partition coefficient (Wildman–Crippen LogP) is 2.49. The van der Waals surface area contributed by atoms with Gasteiger partial charge in [0.05, 0.1) is 5.75 Å². The topological polar surface area (TPSA) is 87.3 Å². The largest absolute Gasteiger partial charge is 0.322 e. The minimum Gasteiger partial charge on any atom is -0.322 e. The van der Waals surface area contributed by atoms with Crippen LogP contribution in [0.4, 0.5) is 5.69 Å². The predicted molar refractivity (Wildman–Crippen MR) is 105 cm³/mol. The zero-order valence-corrected chi connectivity index (χ0v) is 15.9. The number of carbonyl (C=O) groups is 1. The van der Waals surface area contributed by atoms with Gasteiger partial charge >= 0.3 is 0 Å². The molecule has 7 heteroatoms. The summed E-state index contributed by atoms with van der Waals surface area (Å²) in [5.41, 5.74) is 3.16. The molecule has 0 aliphatic rings. The molecule has 0 spiro atoms. The van der Waals surface area contributed by atoms with Crippen LogP contribution in [0.3, 0.4) is 0 Å². The van der Waals surface area contributed by atoms with E-state index in [4.69, 9.17) is 0 Å². The van der Waals surface area contributed by atoms with E-state index in [2.05, 4.69) is 15.4 Å². The summed E-state index contributed by atoms with van der Waals surface area (Å²) in [6.07, 6.45) is 0. The van der Waals surface area contributed by atoms with Crippen LogP contribution in [0.1, 0.15) is 35.3 Å². The van der Waals surface area contributed by atoms with Gasteiger partial charge in [0.1, 0.15) is 0 Å². The molecule has 2 rings (SSSR count). The van der Waals surface area contributed by atoms with Crippen LogP contribution in [0, 0.1) is 0 Å². The second kappa shape index (κ2) is 9.47. The van der Waals surface area contributed by atoms with Crippen molar-refractivity contribution in [3.63, 3.8) is 0 Å². The summed E-state index contributed by atoms with van der Waals surface area (Å²) in [5, 5.41) is 6.13. The maximum absolute atomic E-state index is 12.4. The van der Waals surface area contributed by atoms with Crippen molar-refractivity contribution in [2.24, 2.45) is 0 Å². The highest BCUT2D eigenvalue weighted by Gasteiger charge is 2.08. The van der Waals surface area contributed by atoms with Crippen molar-refractivity contribution in [3.8, 4) is 0 Å². The third-order valence-corrected chi connectivity index (χ3v) is 5.20. The van der Waals surface area contributed by atoms with E-state index >= 15 is 0 Å². The van der Waals surface area contributed by atoms with Crippen molar-refractivity contribution in [1.29, 1.82) is 0 Å². The van der Waals surface area contributed by atoms with Gasteiger partial charge in [0.2, 0.25) is 10.0 Å². The Morgan fingerprint density at radius 3 is 2.35 bits per heavy atom. The van der Waals surface area contributed by atoms with Crippen molar-refractivity contribution >= 4 is 21.6 Å². The fourth-order valence-electron chi connectivity index (χ4n) is 2.30. The van der Waals surface area contributed by atoms with Crippen LogP contribution in [-0.2, 0) is 23.1 Å². The zero-order valence-electron chi connectivity index (χ0n) is 15.1. The standard InChI is InChI=1S/C19H25N3O3S/c1-3-20-13-16-6-5-7-18(12-16)22-19(23)17-10-8-15(9-11-17)14-21-26(24,25)4-2/h5-12,20-21H,3-4,13-14H2,1-2H3,(H,22,23). The molecule has 6 nitrogen and oxygen atoms in total. The third-order valence-electron chi connectivity index (χ3n) is 3.86. The second-order valence-electron chi connectivity index (χ2n) is 5.86. The number of rotatable bonds is 9. The number of sulfonamides is 1. The molecule has 0 bridgehead atoms. The van der Waals surface area contributed by atoms with Gasteiger partial charge in [-0.3, -0.25) is 4.79 Å². The van der Waals surface area contributed by atoms with Gasteiger partial charge in [0, 0.05) is 24.3 Å². The maximum Gasteiger partial charge on any atom is 0.255 e. The Morgan fingerprint density at radius 2 is 1.69 bits per heavy atom. The molecule has 0 fully saturated rings. The number of hydrogen-bond donors (Lipinski definition) is 3. The monoisotopic (exact) mass is 375 g/mol. The van der Waals surface area contributed by atoms with Crippen LogP contribution in [0.15, 0.2) is 48.5 Å². The molecule has 0 atom stereocenters. The Balaban J connectivity index is 1.97. The molecule has 0 radical (unpaired) electrons. The summed E-state index contributed by atoms with van der Waals surface area (Å²) in [7, 11) is -3.23. The first-order valence-corrected chi connectivity index (χ1v) is 10.3. The number of anilines is 1. The van der Waals surface area contributed by atoms with E-state index in [0.717, 1.165) is 29.9 Å². The minimum absolute atomic E-state index is 0.0420. The van der Waals surface area contributed by atoms with E-state index in [9.17, 15) is 13.2 Å². The van der Waals surface area contributed by atoms with E-state index in [1.807, 2.05) is 31.2 Å². The van der Waals surface area contributed by atoms with E-state index in [0.29, 0.717) is 5.56 Å². The summed E-state index contributed by atoms with van der Waals surface area (Å²) in [5.74, 6) is -0.161. The molecule has 140 valence electrons. The molecule has 2 aromatic rings. The molecular formula is C19H25N3O3S. The highest BCUT2D eigenvalue weighted by Crippen LogP contribution is 2.13. The fraction of sp³-hybridized carbons (Fsp3) is 0.316. The van der Waals surface area contributed by atoms with Gasteiger partial charge in [-0.15, -0.1) is 0 Å². The number of amides is 1. The first kappa shape index (κ1) is 20.1. The van der Waals surface area contributed by atoms with E-state index < -0.39 is 10.0 Å². The molecule has 0 aliphatic heterocycles. The van der Waals surface area contributed by atoms with Gasteiger partial charge in [0.25, 0.3) is 5.91 Å². The summed E-state index contributed by atoms with van der Waals surface area (Å²) < 4.78 is 25.4. The quantitative estimate of drug-likeness (QED) is 0.628. The lowest BCUT2D eigenvalue weighted by atomic mass is 10.1.